The van der Waals surface area contributed by atoms with Gasteiger partial charge in [0.15, 0.2) is 0 Å². The molecule has 0 saturated carbocycles. The van der Waals surface area contributed by atoms with E-state index >= 15 is 0 Å². The van der Waals surface area contributed by atoms with Crippen LogP contribution in [0.25, 0.3) is 0 Å². The van der Waals surface area contributed by atoms with Crippen molar-refractivity contribution in [3.05, 3.63) is 29.3 Å². The van der Waals surface area contributed by atoms with Crippen molar-refractivity contribution in [2.24, 2.45) is 0 Å². The molecular weight excluding hydrogens is 196 g/mol. The lowest BCUT2D eigenvalue weighted by atomic mass is 10.1. The molecule has 1 aromatic carbocycles. The van der Waals surface area contributed by atoms with Crippen molar-refractivity contribution in [3.63, 3.8) is 0 Å². The molecule has 1 rings (SSSR count). The van der Waals surface area contributed by atoms with E-state index in [1.54, 1.807) is 12.1 Å². The van der Waals surface area contributed by atoms with E-state index in [2.05, 4.69) is 0 Å². The number of hydrogen-bond acceptors (Lipinski definition) is 3. The molecule has 4 nitrogen and oxygen atoms in total. The topological polar surface area (TPSA) is 63.6 Å². The summed E-state index contributed by atoms with van der Waals surface area (Å²) in [5.74, 6) is -1.52. The molecule has 0 bridgehead atoms. The number of carbonyl (C=O) groups excluding carboxylic acids is 1. The molecule has 0 fully saturated rings. The van der Waals surface area contributed by atoms with Crippen LogP contribution < -0.4 is 4.74 Å². The van der Waals surface area contributed by atoms with Crippen molar-refractivity contribution in [2.45, 2.75) is 20.3 Å². The summed E-state index contributed by atoms with van der Waals surface area (Å²) in [6.45, 7) is 3.18. The van der Waals surface area contributed by atoms with Gasteiger partial charge >= 0.3 is 11.9 Å². The van der Waals surface area contributed by atoms with E-state index in [1.807, 2.05) is 6.92 Å². The van der Waals surface area contributed by atoms with E-state index in [0.717, 1.165) is 12.0 Å². The lowest BCUT2D eigenvalue weighted by molar-refractivity contribution is -0.131. The van der Waals surface area contributed by atoms with Crippen molar-refractivity contribution in [1.29, 1.82) is 0 Å². The highest BCUT2D eigenvalue weighted by Crippen LogP contribution is 2.21. The molecule has 15 heavy (non-hydrogen) atoms. The molecule has 0 radical (unpaired) electrons. The van der Waals surface area contributed by atoms with E-state index in [-0.39, 0.29) is 11.3 Å². The highest BCUT2D eigenvalue weighted by Gasteiger charge is 2.13. The first-order chi connectivity index (χ1) is 7.04. The summed E-state index contributed by atoms with van der Waals surface area (Å²) < 4.78 is 4.83. The fraction of sp³-hybridized carbons (Fsp3) is 0.273. The first-order valence-corrected chi connectivity index (χ1v) is 4.59. The number of aromatic carboxylic acids is 1. The van der Waals surface area contributed by atoms with E-state index in [4.69, 9.17) is 9.84 Å². The van der Waals surface area contributed by atoms with E-state index in [1.165, 1.54) is 13.0 Å². The largest absolute Gasteiger partial charge is 0.478 e. The summed E-state index contributed by atoms with van der Waals surface area (Å²) in [4.78, 5) is 21.6. The Balaban J connectivity index is 3.16. The van der Waals surface area contributed by atoms with Crippen molar-refractivity contribution in [3.8, 4) is 5.75 Å². The van der Waals surface area contributed by atoms with Gasteiger partial charge in [-0.3, -0.25) is 4.79 Å². The van der Waals surface area contributed by atoms with Crippen LogP contribution in [0.1, 0.15) is 29.8 Å². The van der Waals surface area contributed by atoms with Crippen molar-refractivity contribution in [1.82, 2.24) is 0 Å². The third kappa shape index (κ3) is 2.80. The number of ether oxygens (including phenoxy) is 1. The summed E-state index contributed by atoms with van der Waals surface area (Å²) in [7, 11) is 0. The van der Waals surface area contributed by atoms with Gasteiger partial charge in [-0.05, 0) is 24.1 Å². The zero-order valence-electron chi connectivity index (χ0n) is 8.61. The average Bonchev–Trinajstić information content (AvgIpc) is 2.16. The standard InChI is InChI=1S/C11H12O4/c1-3-8-4-5-9(11(13)14)10(6-8)15-7(2)12/h4-6H,3H2,1-2H3,(H,13,14). The van der Waals surface area contributed by atoms with Crippen LogP contribution in [0.3, 0.4) is 0 Å². The van der Waals surface area contributed by atoms with Gasteiger partial charge in [0, 0.05) is 6.92 Å². The van der Waals surface area contributed by atoms with Gasteiger partial charge in [0.25, 0.3) is 0 Å². The fourth-order valence-electron chi connectivity index (χ4n) is 1.20. The lowest BCUT2D eigenvalue weighted by Crippen LogP contribution is -2.07. The monoisotopic (exact) mass is 208 g/mol. The first kappa shape index (κ1) is 11.2. The van der Waals surface area contributed by atoms with Gasteiger partial charge < -0.3 is 9.84 Å². The Labute approximate surface area is 87.5 Å². The quantitative estimate of drug-likeness (QED) is 0.608. The van der Waals surface area contributed by atoms with Gasteiger partial charge in [0.1, 0.15) is 11.3 Å². The van der Waals surface area contributed by atoms with Gasteiger partial charge in [-0.1, -0.05) is 13.0 Å². The summed E-state index contributed by atoms with van der Waals surface area (Å²) in [5.41, 5.74) is 0.929. The molecule has 1 aromatic rings. The predicted octanol–water partition coefficient (Wildman–Crippen LogP) is 1.87. The Morgan fingerprint density at radius 3 is 2.53 bits per heavy atom. The van der Waals surface area contributed by atoms with Crippen LogP contribution in [-0.4, -0.2) is 17.0 Å². The highest BCUT2D eigenvalue weighted by atomic mass is 16.5. The number of rotatable bonds is 3. The fourth-order valence-corrected chi connectivity index (χ4v) is 1.20. The summed E-state index contributed by atoms with van der Waals surface area (Å²) in [6.07, 6.45) is 0.758. The van der Waals surface area contributed by atoms with E-state index in [0.29, 0.717) is 0 Å². The van der Waals surface area contributed by atoms with E-state index < -0.39 is 11.9 Å². The van der Waals surface area contributed by atoms with Crippen molar-refractivity contribution >= 4 is 11.9 Å². The number of benzene rings is 1. The molecule has 1 N–H and O–H groups in total. The maximum Gasteiger partial charge on any atom is 0.339 e. The third-order valence-electron chi connectivity index (χ3n) is 1.94. The zero-order valence-corrected chi connectivity index (χ0v) is 8.61. The van der Waals surface area contributed by atoms with Crippen LogP contribution in [0.2, 0.25) is 0 Å². The minimum atomic E-state index is -1.10. The smallest absolute Gasteiger partial charge is 0.339 e. The second kappa shape index (κ2) is 4.59. The first-order valence-electron chi connectivity index (χ1n) is 4.59. The SMILES string of the molecule is CCc1ccc(C(=O)O)c(OC(C)=O)c1. The number of hydrogen-bond donors (Lipinski definition) is 1. The molecule has 0 heterocycles. The summed E-state index contributed by atoms with van der Waals surface area (Å²) >= 11 is 0. The van der Waals surface area contributed by atoms with Crippen LogP contribution >= 0.6 is 0 Å². The van der Waals surface area contributed by atoms with E-state index in [9.17, 15) is 9.59 Å². The Morgan fingerprint density at radius 1 is 1.40 bits per heavy atom. The van der Waals surface area contributed by atoms with Crippen LogP contribution in [0, 0.1) is 0 Å². The summed E-state index contributed by atoms with van der Waals surface area (Å²) in [6, 6.07) is 4.72. The van der Waals surface area contributed by atoms with Crippen molar-refractivity contribution < 1.29 is 19.4 Å². The van der Waals surface area contributed by atoms with Gasteiger partial charge in [-0.2, -0.15) is 0 Å². The second-order valence-corrected chi connectivity index (χ2v) is 3.08. The number of carboxylic acid groups (broad SMARTS) is 1. The zero-order chi connectivity index (χ0) is 11.4. The maximum absolute atomic E-state index is 10.8. The van der Waals surface area contributed by atoms with Gasteiger partial charge in [0.2, 0.25) is 0 Å². The van der Waals surface area contributed by atoms with Crippen LogP contribution in [0.15, 0.2) is 18.2 Å². The molecule has 0 aromatic heterocycles. The summed E-state index contributed by atoms with van der Waals surface area (Å²) in [5, 5.41) is 8.85. The Kier molecular flexibility index (Phi) is 3.44. The maximum atomic E-state index is 10.8. The van der Waals surface area contributed by atoms with Crippen LogP contribution in [-0.2, 0) is 11.2 Å². The molecule has 0 saturated heterocycles. The molecule has 0 spiro atoms. The lowest BCUT2D eigenvalue weighted by Gasteiger charge is -2.07. The molecule has 0 atom stereocenters. The number of aryl methyl sites for hydroxylation is 1. The predicted molar refractivity (Wildman–Crippen MR) is 54.1 cm³/mol. The highest BCUT2D eigenvalue weighted by molar-refractivity contribution is 5.92. The third-order valence-corrected chi connectivity index (χ3v) is 1.94. The van der Waals surface area contributed by atoms with Crippen LogP contribution in [0.5, 0.6) is 5.75 Å². The number of esters is 1. The number of carboxylic acids is 1. The molecule has 0 unspecified atom stereocenters. The van der Waals surface area contributed by atoms with Gasteiger partial charge in [-0.15, -0.1) is 0 Å². The second-order valence-electron chi connectivity index (χ2n) is 3.08. The Morgan fingerprint density at radius 2 is 2.07 bits per heavy atom. The van der Waals surface area contributed by atoms with Gasteiger partial charge in [-0.25, -0.2) is 4.79 Å². The minimum Gasteiger partial charge on any atom is -0.478 e. The number of carbonyl (C=O) groups is 2. The molecule has 0 aliphatic rings. The molecule has 0 aliphatic carbocycles. The molecule has 0 amide bonds. The Bertz CT molecular complexity index is 396. The molecule has 0 aliphatic heterocycles. The van der Waals surface area contributed by atoms with Gasteiger partial charge in [0.05, 0.1) is 0 Å². The average molecular weight is 208 g/mol. The Hall–Kier alpha value is -1.84. The van der Waals surface area contributed by atoms with Crippen LogP contribution in [0.4, 0.5) is 0 Å². The molecule has 80 valence electrons. The minimum absolute atomic E-state index is 0.00222. The molecule has 4 heteroatoms. The van der Waals surface area contributed by atoms with Crippen molar-refractivity contribution in [2.75, 3.05) is 0 Å². The molecular formula is C11H12O4. The normalized spacial score (nSPS) is 9.73.